The molecule has 0 radical (unpaired) electrons. The van der Waals surface area contributed by atoms with Gasteiger partial charge in [-0.3, -0.25) is 4.79 Å². The minimum Gasteiger partial charge on any atom is -0.460 e. The third-order valence-electron chi connectivity index (χ3n) is 9.31. The van der Waals surface area contributed by atoms with E-state index in [1.165, 1.54) is 11.1 Å². The Labute approximate surface area is 312 Å². The number of hydrogen-bond donors (Lipinski definition) is 3. The van der Waals surface area contributed by atoms with Gasteiger partial charge in [0.05, 0.1) is 28.8 Å². The number of nitrogens with one attached hydrogen (secondary N) is 3. The van der Waals surface area contributed by atoms with Gasteiger partial charge < -0.3 is 30.0 Å². The number of nitrogens with zero attached hydrogens (tertiary/aromatic N) is 2. The first-order valence-corrected chi connectivity index (χ1v) is 18.4. The lowest BCUT2D eigenvalue weighted by atomic mass is 9.96. The summed E-state index contributed by atoms with van der Waals surface area (Å²) in [5.74, 6) is 1.56. The number of aryl methyl sites for hydroxylation is 1. The standard InChI is InChI=1S/C42H50ClN5O4/c1-28-6-12-33(13-7-28)29(2)46-27-36-15-17-39(51-36)34-14-16-38(43)37(23-34)40(49)47-35(22-30-8-10-31(24-44)11-9-30)26-45-25-32-18-20-48(21-19-32)41(50)52-42(3,4)5/h6-17,23,29,32,35,45-46H,18-22,25-27H2,1-5H3,(H,47,49)/t29-,35-/m1/s1. The molecule has 2 amide bonds. The first-order chi connectivity index (χ1) is 24.9. The second-order valence-corrected chi connectivity index (χ2v) is 15.1. The SMILES string of the molecule is Cc1ccc([C@@H](C)NCc2ccc(-c3ccc(Cl)c(C(=O)N[C@@H](CNCC4CCN(C(=O)OC(C)(C)C)CC4)Cc4ccc(C#N)cc4)c3)o2)cc1. The number of hydrogen-bond acceptors (Lipinski definition) is 7. The minimum atomic E-state index is -0.517. The monoisotopic (exact) mass is 723 g/mol. The molecule has 0 bridgehead atoms. The van der Waals surface area contributed by atoms with Gasteiger partial charge in [-0.2, -0.15) is 5.26 Å². The highest BCUT2D eigenvalue weighted by molar-refractivity contribution is 6.34. The molecule has 10 heteroatoms. The zero-order valence-corrected chi connectivity index (χ0v) is 31.6. The third kappa shape index (κ3) is 11.2. The second kappa shape index (κ2) is 17.7. The van der Waals surface area contributed by atoms with Crippen molar-refractivity contribution in [3.8, 4) is 17.4 Å². The fourth-order valence-corrected chi connectivity index (χ4v) is 6.46. The van der Waals surface area contributed by atoms with E-state index in [0.29, 0.717) is 60.4 Å². The van der Waals surface area contributed by atoms with Crippen LogP contribution in [0.25, 0.3) is 11.3 Å². The average molecular weight is 724 g/mol. The van der Waals surface area contributed by atoms with E-state index in [0.717, 1.165) is 36.3 Å². The van der Waals surface area contributed by atoms with Gasteiger partial charge in [0.1, 0.15) is 17.1 Å². The Morgan fingerprint density at radius 2 is 1.73 bits per heavy atom. The fraction of sp³-hybridized carbons (Fsp3) is 0.405. The number of ether oxygens (including phenoxy) is 1. The van der Waals surface area contributed by atoms with Crippen molar-refractivity contribution in [2.45, 2.75) is 78.1 Å². The van der Waals surface area contributed by atoms with Crippen LogP contribution in [0.15, 0.2) is 83.3 Å². The number of likely N-dealkylation sites (tertiary alicyclic amines) is 1. The van der Waals surface area contributed by atoms with Gasteiger partial charge >= 0.3 is 6.09 Å². The van der Waals surface area contributed by atoms with Gasteiger partial charge in [0.2, 0.25) is 0 Å². The summed E-state index contributed by atoms with van der Waals surface area (Å²) >= 11 is 6.60. The molecular formula is C42H50ClN5O4. The van der Waals surface area contributed by atoms with Crippen LogP contribution in [0.4, 0.5) is 4.79 Å². The Kier molecular flexibility index (Phi) is 13.2. The summed E-state index contributed by atoms with van der Waals surface area (Å²) in [5.41, 5.74) is 4.63. The van der Waals surface area contributed by atoms with Crippen LogP contribution >= 0.6 is 11.6 Å². The van der Waals surface area contributed by atoms with Crippen LogP contribution in [-0.2, 0) is 17.7 Å². The lowest BCUT2D eigenvalue weighted by molar-refractivity contribution is 0.0184. The van der Waals surface area contributed by atoms with Crippen LogP contribution in [0.1, 0.15) is 85.0 Å². The van der Waals surface area contributed by atoms with Crippen LogP contribution in [0.5, 0.6) is 0 Å². The number of piperidine rings is 1. The molecule has 2 atom stereocenters. The molecule has 1 aromatic heterocycles. The van der Waals surface area contributed by atoms with Gasteiger partial charge in [-0.25, -0.2) is 4.79 Å². The van der Waals surface area contributed by atoms with E-state index >= 15 is 0 Å². The Bertz CT molecular complexity index is 1830. The molecule has 4 aromatic rings. The van der Waals surface area contributed by atoms with Crippen molar-refractivity contribution >= 4 is 23.6 Å². The molecule has 1 saturated heterocycles. The molecule has 0 saturated carbocycles. The van der Waals surface area contributed by atoms with Gasteiger partial charge in [-0.1, -0.05) is 53.6 Å². The number of carbonyl (C=O) groups is 2. The van der Waals surface area contributed by atoms with Crippen molar-refractivity contribution in [3.63, 3.8) is 0 Å². The van der Waals surface area contributed by atoms with E-state index in [1.54, 1.807) is 29.2 Å². The number of nitriles is 1. The lowest BCUT2D eigenvalue weighted by Crippen LogP contribution is -2.46. The van der Waals surface area contributed by atoms with E-state index in [2.05, 4.69) is 60.1 Å². The van der Waals surface area contributed by atoms with Crippen LogP contribution in [0.3, 0.4) is 0 Å². The second-order valence-electron chi connectivity index (χ2n) is 14.7. The van der Waals surface area contributed by atoms with E-state index in [-0.39, 0.29) is 24.1 Å². The van der Waals surface area contributed by atoms with Crippen molar-refractivity contribution < 1.29 is 18.7 Å². The van der Waals surface area contributed by atoms with E-state index in [9.17, 15) is 14.9 Å². The molecule has 1 aliphatic rings. The Hall–Kier alpha value is -4.62. The number of carbonyl (C=O) groups excluding carboxylic acids is 2. The third-order valence-corrected chi connectivity index (χ3v) is 9.64. The van der Waals surface area contributed by atoms with Crippen LogP contribution < -0.4 is 16.0 Å². The maximum absolute atomic E-state index is 13.8. The molecule has 9 nitrogen and oxygen atoms in total. The molecule has 0 spiro atoms. The average Bonchev–Trinajstić information content (AvgIpc) is 3.60. The predicted octanol–water partition coefficient (Wildman–Crippen LogP) is 8.21. The Morgan fingerprint density at radius 1 is 1.02 bits per heavy atom. The summed E-state index contributed by atoms with van der Waals surface area (Å²) in [6.07, 6.45) is 2.05. The molecule has 1 aliphatic heterocycles. The van der Waals surface area contributed by atoms with Crippen LogP contribution in [-0.4, -0.2) is 54.7 Å². The molecule has 52 heavy (non-hydrogen) atoms. The Balaban J connectivity index is 1.20. The van der Waals surface area contributed by atoms with Crippen LogP contribution in [0, 0.1) is 24.2 Å². The van der Waals surface area contributed by atoms with Crippen molar-refractivity contribution in [1.82, 2.24) is 20.9 Å². The topological polar surface area (TPSA) is 120 Å². The summed E-state index contributed by atoms with van der Waals surface area (Å²) in [5, 5.41) is 19.9. The molecule has 1 fully saturated rings. The van der Waals surface area contributed by atoms with Gasteiger partial charge in [0.25, 0.3) is 5.91 Å². The zero-order valence-electron chi connectivity index (χ0n) is 30.8. The quantitative estimate of drug-likeness (QED) is 0.127. The van der Waals surface area contributed by atoms with Gasteiger partial charge in [0, 0.05) is 37.3 Å². The number of furan rings is 1. The molecule has 3 aromatic carbocycles. The van der Waals surface area contributed by atoms with E-state index < -0.39 is 5.60 Å². The van der Waals surface area contributed by atoms with E-state index in [1.807, 2.05) is 51.1 Å². The highest BCUT2D eigenvalue weighted by Gasteiger charge is 2.27. The number of rotatable bonds is 13. The van der Waals surface area contributed by atoms with Crippen molar-refractivity contribution in [1.29, 1.82) is 5.26 Å². The van der Waals surface area contributed by atoms with Crippen molar-refractivity contribution in [2.24, 2.45) is 5.92 Å². The van der Waals surface area contributed by atoms with Gasteiger partial charge in [-0.15, -0.1) is 0 Å². The maximum atomic E-state index is 13.8. The van der Waals surface area contributed by atoms with Gasteiger partial charge in [0.15, 0.2) is 0 Å². The molecule has 274 valence electrons. The molecule has 2 heterocycles. The normalized spacial score (nSPS) is 14.8. The molecule has 0 aliphatic carbocycles. The molecular weight excluding hydrogens is 674 g/mol. The summed E-state index contributed by atoms with van der Waals surface area (Å²) < 4.78 is 11.7. The highest BCUT2D eigenvalue weighted by Crippen LogP contribution is 2.28. The smallest absolute Gasteiger partial charge is 0.410 e. The summed E-state index contributed by atoms with van der Waals surface area (Å²) in [6.45, 7) is 13.0. The predicted molar refractivity (Wildman–Crippen MR) is 205 cm³/mol. The first kappa shape index (κ1) is 38.6. The molecule has 0 unspecified atom stereocenters. The lowest BCUT2D eigenvalue weighted by Gasteiger charge is -2.33. The molecule has 5 rings (SSSR count). The summed E-state index contributed by atoms with van der Waals surface area (Å²) in [7, 11) is 0. The van der Waals surface area contributed by atoms with Crippen molar-refractivity contribution in [3.05, 3.63) is 117 Å². The van der Waals surface area contributed by atoms with Crippen molar-refractivity contribution in [2.75, 3.05) is 26.2 Å². The maximum Gasteiger partial charge on any atom is 0.410 e. The minimum absolute atomic E-state index is 0.156. The summed E-state index contributed by atoms with van der Waals surface area (Å²) in [4.78, 5) is 28.1. The zero-order chi connectivity index (χ0) is 37.3. The fourth-order valence-electron chi connectivity index (χ4n) is 6.25. The number of benzene rings is 3. The number of amides is 2. The van der Waals surface area contributed by atoms with E-state index in [4.69, 9.17) is 20.8 Å². The molecule has 3 N–H and O–H groups in total. The number of halogens is 1. The first-order valence-electron chi connectivity index (χ1n) is 18.0. The Morgan fingerprint density at radius 3 is 2.40 bits per heavy atom. The van der Waals surface area contributed by atoms with Gasteiger partial charge in [-0.05, 0) is 120 Å². The highest BCUT2D eigenvalue weighted by atomic mass is 35.5. The summed E-state index contributed by atoms with van der Waals surface area (Å²) in [6, 6.07) is 27.2. The van der Waals surface area contributed by atoms with Crippen LogP contribution in [0.2, 0.25) is 5.02 Å². The largest absolute Gasteiger partial charge is 0.460 e.